The Labute approximate surface area is 355 Å². The summed E-state index contributed by atoms with van der Waals surface area (Å²) in [5.41, 5.74) is 17.3. The molecule has 1 aromatic heterocycles. The van der Waals surface area contributed by atoms with E-state index in [4.69, 9.17) is 4.42 Å². The molecule has 10 aromatic carbocycles. The standard InChI is InChI=1S/C59H41NO/c1-59(2)53-36-44(43-24-23-39-15-6-7-17-42(39)35-43)28-32-48(53)49-34-31-46(37-54(49)59)60(45-29-25-40(26-30-45)38-13-4-3-5-14-38)55-21-11-10-19-50(55)51-20-12-22-56-57(51)52-33-27-41-16-8-9-18-47(41)58(52)61-56/h3-37H,1-2H3. The van der Waals surface area contributed by atoms with Crippen molar-refractivity contribution in [1.29, 1.82) is 0 Å². The van der Waals surface area contributed by atoms with Crippen molar-refractivity contribution in [3.05, 3.63) is 223 Å². The van der Waals surface area contributed by atoms with E-state index in [1.54, 1.807) is 0 Å². The Morgan fingerprint density at radius 3 is 1.84 bits per heavy atom. The molecule has 1 aliphatic rings. The molecule has 0 fully saturated rings. The van der Waals surface area contributed by atoms with Crippen molar-refractivity contribution in [3.8, 4) is 44.5 Å². The van der Waals surface area contributed by atoms with Crippen molar-refractivity contribution in [2.75, 3.05) is 4.90 Å². The molecule has 0 amide bonds. The first-order chi connectivity index (χ1) is 30.0. The fraction of sp³-hybridized carbons (Fsp3) is 0.0508. The average molecular weight is 780 g/mol. The van der Waals surface area contributed by atoms with Crippen LogP contribution in [0, 0.1) is 0 Å². The van der Waals surface area contributed by atoms with E-state index in [2.05, 4.69) is 231 Å². The summed E-state index contributed by atoms with van der Waals surface area (Å²) in [5, 5.41) is 7.07. The zero-order valence-corrected chi connectivity index (χ0v) is 34.1. The summed E-state index contributed by atoms with van der Waals surface area (Å²) >= 11 is 0. The number of para-hydroxylation sites is 1. The molecule has 0 radical (unpaired) electrons. The number of furan rings is 1. The normalized spacial score (nSPS) is 12.9. The highest BCUT2D eigenvalue weighted by Crippen LogP contribution is 2.53. The maximum absolute atomic E-state index is 6.70. The molecule has 0 bridgehead atoms. The summed E-state index contributed by atoms with van der Waals surface area (Å²) in [5.74, 6) is 0. The van der Waals surface area contributed by atoms with Crippen LogP contribution in [0.25, 0.3) is 88.0 Å². The highest BCUT2D eigenvalue weighted by Gasteiger charge is 2.36. The largest absolute Gasteiger partial charge is 0.455 e. The lowest BCUT2D eigenvalue weighted by Gasteiger charge is -2.30. The van der Waals surface area contributed by atoms with Crippen LogP contribution in [0.4, 0.5) is 17.1 Å². The molecule has 2 heteroatoms. The maximum atomic E-state index is 6.70. The molecule has 1 aliphatic carbocycles. The van der Waals surface area contributed by atoms with Crippen molar-refractivity contribution in [2.45, 2.75) is 19.3 Å². The number of anilines is 3. The van der Waals surface area contributed by atoms with Gasteiger partial charge < -0.3 is 9.32 Å². The van der Waals surface area contributed by atoms with Gasteiger partial charge in [-0.05, 0) is 121 Å². The van der Waals surface area contributed by atoms with Crippen molar-refractivity contribution in [3.63, 3.8) is 0 Å². The Kier molecular flexibility index (Phi) is 7.92. The van der Waals surface area contributed by atoms with Crippen LogP contribution >= 0.6 is 0 Å². The zero-order chi connectivity index (χ0) is 40.7. The van der Waals surface area contributed by atoms with Gasteiger partial charge in [0.15, 0.2) is 0 Å². The summed E-state index contributed by atoms with van der Waals surface area (Å²) in [6, 6.07) is 77.4. The molecule has 0 saturated heterocycles. The molecule has 0 N–H and O–H groups in total. The molecule has 0 spiro atoms. The SMILES string of the molecule is CC1(C)c2cc(-c3ccc4ccccc4c3)ccc2-c2ccc(N(c3ccc(-c4ccccc4)cc3)c3ccccc3-c3cccc4oc5c6ccccc6ccc5c34)cc21. The molecule has 61 heavy (non-hydrogen) atoms. The van der Waals surface area contributed by atoms with Gasteiger partial charge in [0.2, 0.25) is 0 Å². The molecular weight excluding hydrogens is 739 g/mol. The maximum Gasteiger partial charge on any atom is 0.143 e. The minimum absolute atomic E-state index is 0.222. The third-order valence-electron chi connectivity index (χ3n) is 13.1. The van der Waals surface area contributed by atoms with E-state index in [0.717, 1.165) is 55.5 Å². The van der Waals surface area contributed by atoms with Crippen molar-refractivity contribution in [1.82, 2.24) is 0 Å². The minimum Gasteiger partial charge on any atom is -0.455 e. The van der Waals surface area contributed by atoms with Crippen LogP contribution in [0.5, 0.6) is 0 Å². The van der Waals surface area contributed by atoms with E-state index in [9.17, 15) is 0 Å². The van der Waals surface area contributed by atoms with Crippen LogP contribution in [0.1, 0.15) is 25.0 Å². The van der Waals surface area contributed by atoms with E-state index >= 15 is 0 Å². The van der Waals surface area contributed by atoms with Gasteiger partial charge in [-0.3, -0.25) is 0 Å². The molecule has 0 atom stereocenters. The third-order valence-corrected chi connectivity index (χ3v) is 13.1. The van der Waals surface area contributed by atoms with Crippen molar-refractivity contribution >= 4 is 60.5 Å². The quantitative estimate of drug-likeness (QED) is 0.167. The highest BCUT2D eigenvalue weighted by atomic mass is 16.3. The van der Waals surface area contributed by atoms with Crippen LogP contribution in [0.3, 0.4) is 0 Å². The first-order valence-corrected chi connectivity index (χ1v) is 21.2. The van der Waals surface area contributed by atoms with Crippen LogP contribution < -0.4 is 4.90 Å². The van der Waals surface area contributed by atoms with Crippen LogP contribution in [0.15, 0.2) is 217 Å². The number of rotatable bonds is 6. The fourth-order valence-corrected chi connectivity index (χ4v) is 9.95. The Bertz CT molecular complexity index is 3500. The molecule has 288 valence electrons. The zero-order valence-electron chi connectivity index (χ0n) is 34.1. The van der Waals surface area contributed by atoms with Gasteiger partial charge in [0, 0.05) is 38.5 Å². The van der Waals surface area contributed by atoms with Crippen molar-refractivity contribution in [2.24, 2.45) is 0 Å². The summed E-state index contributed by atoms with van der Waals surface area (Å²) in [6.07, 6.45) is 0. The highest BCUT2D eigenvalue weighted by molar-refractivity contribution is 6.19. The van der Waals surface area contributed by atoms with Gasteiger partial charge >= 0.3 is 0 Å². The summed E-state index contributed by atoms with van der Waals surface area (Å²) in [7, 11) is 0. The Morgan fingerprint density at radius 1 is 0.377 bits per heavy atom. The van der Waals surface area contributed by atoms with Crippen molar-refractivity contribution < 1.29 is 4.42 Å². The molecular formula is C59H41NO. The van der Waals surface area contributed by atoms with E-state index in [-0.39, 0.29) is 5.41 Å². The first kappa shape index (κ1) is 35.3. The fourth-order valence-electron chi connectivity index (χ4n) is 9.95. The number of hydrogen-bond acceptors (Lipinski definition) is 2. The predicted molar refractivity (Wildman–Crippen MR) is 257 cm³/mol. The average Bonchev–Trinajstić information content (AvgIpc) is 3.81. The van der Waals surface area contributed by atoms with Gasteiger partial charge in [-0.1, -0.05) is 172 Å². The number of nitrogens with zero attached hydrogens (tertiary/aromatic N) is 1. The van der Waals surface area contributed by atoms with Gasteiger partial charge in [-0.25, -0.2) is 0 Å². The molecule has 11 aromatic rings. The van der Waals surface area contributed by atoms with Gasteiger partial charge in [0.1, 0.15) is 11.2 Å². The second-order valence-corrected chi connectivity index (χ2v) is 16.9. The molecule has 0 aliphatic heterocycles. The molecule has 1 heterocycles. The van der Waals surface area contributed by atoms with E-state index in [0.29, 0.717) is 0 Å². The smallest absolute Gasteiger partial charge is 0.143 e. The van der Waals surface area contributed by atoms with Gasteiger partial charge in [0.25, 0.3) is 0 Å². The van der Waals surface area contributed by atoms with Gasteiger partial charge in [-0.2, -0.15) is 0 Å². The monoisotopic (exact) mass is 779 g/mol. The lowest BCUT2D eigenvalue weighted by Crippen LogP contribution is -2.17. The van der Waals surface area contributed by atoms with E-state index in [1.165, 1.54) is 60.7 Å². The van der Waals surface area contributed by atoms with Crippen LogP contribution in [0.2, 0.25) is 0 Å². The minimum atomic E-state index is -0.222. The molecule has 2 nitrogen and oxygen atoms in total. The van der Waals surface area contributed by atoms with E-state index < -0.39 is 0 Å². The summed E-state index contributed by atoms with van der Waals surface area (Å²) < 4.78 is 6.70. The Balaban J connectivity index is 1.02. The first-order valence-electron chi connectivity index (χ1n) is 21.2. The molecule has 0 saturated carbocycles. The van der Waals surface area contributed by atoms with E-state index in [1.807, 2.05) is 0 Å². The lowest BCUT2D eigenvalue weighted by molar-refractivity contribution is 0.660. The van der Waals surface area contributed by atoms with Gasteiger partial charge in [0.05, 0.1) is 5.69 Å². The molecule has 12 rings (SSSR count). The number of benzene rings is 10. The van der Waals surface area contributed by atoms with Gasteiger partial charge in [-0.15, -0.1) is 0 Å². The Hall–Kier alpha value is -7.68. The molecule has 0 unspecified atom stereocenters. The number of hydrogen-bond donors (Lipinski definition) is 0. The Morgan fingerprint density at radius 2 is 0.984 bits per heavy atom. The topological polar surface area (TPSA) is 16.4 Å². The lowest BCUT2D eigenvalue weighted by atomic mass is 9.81. The van der Waals surface area contributed by atoms with Crippen LogP contribution in [-0.2, 0) is 5.41 Å². The summed E-state index contributed by atoms with van der Waals surface area (Å²) in [4.78, 5) is 2.44. The third kappa shape index (κ3) is 5.64. The predicted octanol–water partition coefficient (Wildman–Crippen LogP) is 16.7. The van der Waals surface area contributed by atoms with Crippen LogP contribution in [-0.4, -0.2) is 0 Å². The second kappa shape index (κ2) is 13.7. The summed E-state index contributed by atoms with van der Waals surface area (Å²) in [6.45, 7) is 4.76. The number of fused-ring (bicyclic) bond motifs is 9. The second-order valence-electron chi connectivity index (χ2n) is 16.9.